The van der Waals surface area contributed by atoms with Crippen molar-refractivity contribution in [2.24, 2.45) is 0 Å². The van der Waals surface area contributed by atoms with Crippen molar-refractivity contribution in [3.63, 3.8) is 0 Å². The molecule has 31 heavy (non-hydrogen) atoms. The molecule has 1 saturated heterocycles. The molecule has 0 saturated carbocycles. The highest BCUT2D eigenvalue weighted by Crippen LogP contribution is 2.34. The summed E-state index contributed by atoms with van der Waals surface area (Å²) in [5.74, 6) is 0. The van der Waals surface area contributed by atoms with Gasteiger partial charge >= 0.3 is 0 Å². The van der Waals surface area contributed by atoms with E-state index < -0.39 is 9.04 Å². The summed E-state index contributed by atoms with van der Waals surface area (Å²) in [5, 5.41) is 12.4. The van der Waals surface area contributed by atoms with Gasteiger partial charge in [0, 0.05) is 6.61 Å². The van der Waals surface area contributed by atoms with E-state index in [0.717, 1.165) is 6.61 Å². The van der Waals surface area contributed by atoms with Gasteiger partial charge in [-0.3, -0.25) is 0 Å². The van der Waals surface area contributed by atoms with Crippen LogP contribution in [0.15, 0.2) is 60.7 Å². The topological polar surface area (TPSA) is 9.23 Å². The molecule has 1 nitrogen and oxygen atoms in total. The fraction of sp³-hybridized carbons (Fsp3) is 0.241. The van der Waals surface area contributed by atoms with E-state index >= 15 is 0 Å². The van der Waals surface area contributed by atoms with Crippen molar-refractivity contribution >= 4 is 57.3 Å². The highest BCUT2D eigenvalue weighted by Gasteiger charge is 2.25. The molecule has 1 atom stereocenters. The lowest BCUT2D eigenvalue weighted by atomic mass is 9.91. The third kappa shape index (κ3) is 2.93. The molecule has 0 bridgehead atoms. The fourth-order valence-electron chi connectivity index (χ4n) is 5.60. The SMILES string of the molecule is Cc1c(C)c([SiH]2CCCCO2)c2cc3c(ccc4cc5ccccc5cc43)cc2c1C. The maximum Gasteiger partial charge on any atom is 0.209 e. The maximum atomic E-state index is 6.44. The van der Waals surface area contributed by atoms with Gasteiger partial charge in [-0.1, -0.05) is 42.8 Å². The number of aryl methyl sites for hydroxylation is 1. The van der Waals surface area contributed by atoms with Gasteiger partial charge in [0.15, 0.2) is 0 Å². The fourth-order valence-corrected chi connectivity index (χ4v) is 8.62. The summed E-state index contributed by atoms with van der Waals surface area (Å²) in [5.41, 5.74) is 4.32. The molecule has 2 heteroatoms. The number of benzene rings is 5. The van der Waals surface area contributed by atoms with Gasteiger partial charge < -0.3 is 4.43 Å². The zero-order valence-corrected chi connectivity index (χ0v) is 19.7. The van der Waals surface area contributed by atoms with E-state index in [1.165, 1.54) is 78.7 Å². The molecule has 6 rings (SSSR count). The Morgan fingerprint density at radius 3 is 2.03 bits per heavy atom. The summed E-state index contributed by atoms with van der Waals surface area (Å²) < 4.78 is 6.44. The molecule has 154 valence electrons. The van der Waals surface area contributed by atoms with E-state index in [1.807, 2.05) is 0 Å². The Balaban J connectivity index is 1.74. The van der Waals surface area contributed by atoms with E-state index in [1.54, 1.807) is 5.19 Å². The van der Waals surface area contributed by atoms with Crippen LogP contribution >= 0.6 is 0 Å². The van der Waals surface area contributed by atoms with Crippen molar-refractivity contribution in [3.8, 4) is 0 Å². The lowest BCUT2D eigenvalue weighted by molar-refractivity contribution is 0.295. The summed E-state index contributed by atoms with van der Waals surface area (Å²) in [6.07, 6.45) is 2.53. The van der Waals surface area contributed by atoms with Crippen LogP contribution in [0, 0.1) is 20.8 Å². The molecule has 1 aliphatic rings. The van der Waals surface area contributed by atoms with Gasteiger partial charge in [-0.15, -0.1) is 0 Å². The van der Waals surface area contributed by atoms with Gasteiger partial charge in [-0.25, -0.2) is 0 Å². The summed E-state index contributed by atoms with van der Waals surface area (Å²) >= 11 is 0. The van der Waals surface area contributed by atoms with E-state index in [4.69, 9.17) is 4.43 Å². The molecule has 5 aromatic rings. The first-order valence-corrected chi connectivity index (χ1v) is 13.4. The molecule has 1 heterocycles. The van der Waals surface area contributed by atoms with Gasteiger partial charge in [0.1, 0.15) is 0 Å². The second-order valence-corrected chi connectivity index (χ2v) is 11.7. The largest absolute Gasteiger partial charge is 0.415 e. The highest BCUT2D eigenvalue weighted by atomic mass is 28.3. The smallest absolute Gasteiger partial charge is 0.209 e. The summed E-state index contributed by atoms with van der Waals surface area (Å²) in [6.45, 7) is 7.84. The number of rotatable bonds is 1. The van der Waals surface area contributed by atoms with Gasteiger partial charge in [0.05, 0.1) is 0 Å². The van der Waals surface area contributed by atoms with Gasteiger partial charge in [0.2, 0.25) is 9.04 Å². The van der Waals surface area contributed by atoms with Crippen LogP contribution in [-0.4, -0.2) is 15.6 Å². The first kappa shape index (κ1) is 19.0. The molecule has 0 aliphatic carbocycles. The highest BCUT2D eigenvalue weighted by molar-refractivity contribution is 6.71. The van der Waals surface area contributed by atoms with Gasteiger partial charge in [-0.05, 0) is 122 Å². The van der Waals surface area contributed by atoms with Crippen LogP contribution in [0.4, 0.5) is 0 Å². The van der Waals surface area contributed by atoms with Crippen LogP contribution in [0.3, 0.4) is 0 Å². The minimum atomic E-state index is -1.41. The lowest BCUT2D eigenvalue weighted by Gasteiger charge is -2.26. The standard InChI is InChI=1S/C29H28OSi/c1-18-19(2)25-16-24-11-10-23-14-21-8-4-5-9-22(21)15-26(23)27(24)17-28(25)29(20(18)3)31-13-7-6-12-30-31/h4-5,8-11,14-17,31H,6-7,12-13H2,1-3H3. The van der Waals surface area contributed by atoms with Crippen molar-refractivity contribution < 1.29 is 4.43 Å². The van der Waals surface area contributed by atoms with Crippen molar-refractivity contribution in [1.29, 1.82) is 0 Å². The average Bonchev–Trinajstić information content (AvgIpc) is 2.81. The summed E-state index contributed by atoms with van der Waals surface area (Å²) in [6, 6.07) is 24.2. The molecule has 0 radical (unpaired) electrons. The minimum absolute atomic E-state index is 0.938. The Bertz CT molecular complexity index is 1490. The zero-order chi connectivity index (χ0) is 21.1. The minimum Gasteiger partial charge on any atom is -0.415 e. The van der Waals surface area contributed by atoms with Crippen LogP contribution in [0.2, 0.25) is 6.04 Å². The van der Waals surface area contributed by atoms with Crippen LogP contribution in [0.25, 0.3) is 43.1 Å². The number of hydrogen-bond acceptors (Lipinski definition) is 1. The second-order valence-electron chi connectivity index (χ2n) is 9.25. The predicted molar refractivity (Wildman–Crippen MR) is 137 cm³/mol. The van der Waals surface area contributed by atoms with Crippen LogP contribution in [-0.2, 0) is 4.43 Å². The Morgan fingerprint density at radius 1 is 0.613 bits per heavy atom. The van der Waals surface area contributed by atoms with E-state index in [9.17, 15) is 0 Å². The Morgan fingerprint density at radius 2 is 1.29 bits per heavy atom. The average molecular weight is 421 g/mol. The monoisotopic (exact) mass is 420 g/mol. The zero-order valence-electron chi connectivity index (χ0n) is 18.6. The lowest BCUT2D eigenvalue weighted by Crippen LogP contribution is -2.39. The van der Waals surface area contributed by atoms with E-state index in [-0.39, 0.29) is 0 Å². The van der Waals surface area contributed by atoms with E-state index in [2.05, 4.69) is 81.4 Å². The second kappa shape index (κ2) is 7.18. The number of hydrogen-bond donors (Lipinski definition) is 0. The molecule has 0 aromatic heterocycles. The van der Waals surface area contributed by atoms with Crippen LogP contribution in [0.5, 0.6) is 0 Å². The molecule has 0 amide bonds. The van der Waals surface area contributed by atoms with Gasteiger partial charge in [-0.2, -0.15) is 0 Å². The normalized spacial score (nSPS) is 17.2. The Kier molecular flexibility index (Phi) is 4.41. The molecule has 1 aliphatic heterocycles. The maximum absolute atomic E-state index is 6.44. The van der Waals surface area contributed by atoms with Gasteiger partial charge in [0.25, 0.3) is 0 Å². The van der Waals surface area contributed by atoms with Crippen LogP contribution in [0.1, 0.15) is 29.5 Å². The first-order chi connectivity index (χ1) is 15.1. The molecule has 5 aromatic carbocycles. The van der Waals surface area contributed by atoms with E-state index in [0.29, 0.717) is 0 Å². The molecule has 1 unspecified atom stereocenters. The third-order valence-electron chi connectivity index (χ3n) is 7.57. The Hall–Kier alpha value is -2.68. The summed E-state index contributed by atoms with van der Waals surface area (Å²) in [4.78, 5) is 0. The third-order valence-corrected chi connectivity index (χ3v) is 10.5. The van der Waals surface area contributed by atoms with Crippen molar-refractivity contribution in [2.75, 3.05) is 6.61 Å². The van der Waals surface area contributed by atoms with Crippen molar-refractivity contribution in [2.45, 2.75) is 39.7 Å². The predicted octanol–water partition coefficient (Wildman–Crippen LogP) is 6.97. The molecular formula is C29H28OSi. The molecule has 0 spiro atoms. The molecular weight excluding hydrogens is 392 g/mol. The Labute approximate surface area is 185 Å². The number of fused-ring (bicyclic) bond motifs is 5. The quantitative estimate of drug-likeness (QED) is 0.162. The van der Waals surface area contributed by atoms with Crippen molar-refractivity contribution in [3.05, 3.63) is 77.4 Å². The van der Waals surface area contributed by atoms with Crippen molar-refractivity contribution in [1.82, 2.24) is 0 Å². The van der Waals surface area contributed by atoms with Crippen LogP contribution < -0.4 is 5.19 Å². The first-order valence-electron chi connectivity index (χ1n) is 11.5. The molecule has 0 N–H and O–H groups in total. The summed E-state index contributed by atoms with van der Waals surface area (Å²) in [7, 11) is -1.41. The molecule has 1 fully saturated rings.